The topological polar surface area (TPSA) is 105 Å². The number of anilines is 1. The number of nitrogens with zero attached hydrogens (tertiary/aromatic N) is 2. The number of sulfonamides is 1. The summed E-state index contributed by atoms with van der Waals surface area (Å²) in [4.78, 5) is 28.2. The van der Waals surface area contributed by atoms with Gasteiger partial charge in [0.05, 0.1) is 22.0 Å². The van der Waals surface area contributed by atoms with Crippen molar-refractivity contribution in [1.82, 2.24) is 10.2 Å². The number of rotatable bonds is 12. The summed E-state index contributed by atoms with van der Waals surface area (Å²) in [5, 5.41) is 3.55. The van der Waals surface area contributed by atoms with Crippen LogP contribution >= 0.6 is 23.2 Å². The molecule has 0 unspecified atom stereocenters. The summed E-state index contributed by atoms with van der Waals surface area (Å²) in [5.74, 6) is 0.0116. The molecule has 0 fully saturated rings. The molecule has 12 heteroatoms. The lowest BCUT2D eigenvalue weighted by atomic mass is 10.1. The van der Waals surface area contributed by atoms with Gasteiger partial charge >= 0.3 is 0 Å². The van der Waals surface area contributed by atoms with Crippen LogP contribution in [-0.4, -0.2) is 57.3 Å². The van der Waals surface area contributed by atoms with Gasteiger partial charge in [0.2, 0.25) is 28.6 Å². The Kier molecular flexibility index (Phi) is 9.92. The first kappa shape index (κ1) is 28.9. The van der Waals surface area contributed by atoms with Crippen LogP contribution in [0.2, 0.25) is 10.0 Å². The highest BCUT2D eigenvalue weighted by Crippen LogP contribution is 2.36. The van der Waals surface area contributed by atoms with Crippen LogP contribution in [0, 0.1) is 0 Å². The zero-order valence-electron chi connectivity index (χ0n) is 21.0. The van der Waals surface area contributed by atoms with E-state index in [4.69, 9.17) is 32.7 Å². The van der Waals surface area contributed by atoms with Crippen LogP contribution in [0.15, 0.2) is 36.4 Å². The number of amides is 2. The Bertz CT molecular complexity index is 1240. The van der Waals surface area contributed by atoms with E-state index in [2.05, 4.69) is 5.32 Å². The molecular weight excluding hydrogens is 541 g/mol. The summed E-state index contributed by atoms with van der Waals surface area (Å²) < 4.78 is 37.2. The number of halogens is 2. The number of fused-ring (bicyclic) bond motifs is 1. The fourth-order valence-corrected chi connectivity index (χ4v) is 5.08. The number of carbonyl (C=O) groups is 2. The quantitative estimate of drug-likeness (QED) is 0.382. The van der Waals surface area contributed by atoms with Crippen molar-refractivity contribution in [3.63, 3.8) is 0 Å². The third-order valence-electron chi connectivity index (χ3n) is 5.88. The monoisotopic (exact) mass is 571 g/mol. The van der Waals surface area contributed by atoms with Gasteiger partial charge in [0, 0.05) is 19.2 Å². The van der Waals surface area contributed by atoms with Crippen LogP contribution in [0.5, 0.6) is 11.5 Å². The van der Waals surface area contributed by atoms with Crippen molar-refractivity contribution in [2.45, 2.75) is 45.7 Å². The largest absolute Gasteiger partial charge is 0.454 e. The van der Waals surface area contributed by atoms with Gasteiger partial charge in [0.1, 0.15) is 12.6 Å². The summed E-state index contributed by atoms with van der Waals surface area (Å²) in [6.07, 6.45) is 3.05. The number of carbonyl (C=O) groups excluding carboxylic acids is 2. The van der Waals surface area contributed by atoms with Gasteiger partial charge in [-0.2, -0.15) is 0 Å². The molecule has 2 aromatic carbocycles. The molecule has 0 saturated carbocycles. The molecule has 0 saturated heterocycles. The smallest absolute Gasteiger partial charge is 0.244 e. The lowest BCUT2D eigenvalue weighted by molar-refractivity contribution is -0.140. The Morgan fingerprint density at radius 3 is 2.43 bits per heavy atom. The van der Waals surface area contributed by atoms with Crippen molar-refractivity contribution in [2.24, 2.45) is 0 Å². The van der Waals surface area contributed by atoms with Gasteiger partial charge in [-0.3, -0.25) is 13.9 Å². The highest BCUT2D eigenvalue weighted by molar-refractivity contribution is 7.92. The van der Waals surface area contributed by atoms with Crippen LogP contribution in [0.25, 0.3) is 0 Å². The molecule has 1 N–H and O–H groups in total. The van der Waals surface area contributed by atoms with Crippen molar-refractivity contribution < 1.29 is 27.5 Å². The molecular formula is C25H31Cl2N3O6S. The predicted octanol–water partition coefficient (Wildman–Crippen LogP) is 4.21. The van der Waals surface area contributed by atoms with Crippen LogP contribution in [0.1, 0.15) is 38.7 Å². The number of hydrogen-bond donors (Lipinski definition) is 1. The maximum Gasteiger partial charge on any atom is 0.244 e. The molecule has 0 bridgehead atoms. The molecule has 1 aliphatic heterocycles. The number of benzene rings is 2. The SMILES string of the molecule is CCCCNC(=O)[C@@H](CC)N(Cc1ccc(Cl)c(Cl)c1)C(=O)CN(c1ccc2c(c1)OCO2)S(C)(=O)=O. The van der Waals surface area contributed by atoms with Crippen LogP contribution in [0.4, 0.5) is 5.69 Å². The summed E-state index contributed by atoms with van der Waals surface area (Å²) in [6, 6.07) is 8.76. The Balaban J connectivity index is 1.93. The van der Waals surface area contributed by atoms with Gasteiger partial charge in [-0.05, 0) is 42.7 Å². The van der Waals surface area contributed by atoms with E-state index in [-0.39, 0.29) is 24.9 Å². The minimum atomic E-state index is -3.87. The zero-order chi connectivity index (χ0) is 27.2. The van der Waals surface area contributed by atoms with Gasteiger partial charge in [0.25, 0.3) is 0 Å². The van der Waals surface area contributed by atoms with E-state index in [1.165, 1.54) is 11.0 Å². The highest BCUT2D eigenvalue weighted by atomic mass is 35.5. The van der Waals surface area contributed by atoms with E-state index in [1.807, 2.05) is 6.92 Å². The van der Waals surface area contributed by atoms with Crippen molar-refractivity contribution in [3.05, 3.63) is 52.0 Å². The van der Waals surface area contributed by atoms with Crippen LogP contribution in [0.3, 0.4) is 0 Å². The summed E-state index contributed by atoms with van der Waals surface area (Å²) in [5.41, 5.74) is 0.895. The van der Waals surface area contributed by atoms with Gasteiger partial charge < -0.3 is 19.7 Å². The average molecular weight is 573 g/mol. The molecule has 2 aromatic rings. The molecule has 0 aliphatic carbocycles. The first-order chi connectivity index (χ1) is 17.5. The van der Waals surface area contributed by atoms with Crippen molar-refractivity contribution in [1.29, 1.82) is 0 Å². The second-order valence-electron chi connectivity index (χ2n) is 8.65. The number of nitrogens with one attached hydrogen (secondary N) is 1. The molecule has 1 atom stereocenters. The average Bonchev–Trinajstić information content (AvgIpc) is 3.32. The molecule has 0 spiro atoms. The third kappa shape index (κ3) is 7.43. The molecule has 37 heavy (non-hydrogen) atoms. The van der Waals surface area contributed by atoms with E-state index in [0.717, 1.165) is 23.4 Å². The second-order valence-corrected chi connectivity index (χ2v) is 11.4. The Labute approximate surface area is 227 Å². The standard InChI is InChI=1S/C25H31Cl2N3O6S/c1-4-6-11-28-25(32)21(5-2)29(14-17-7-9-19(26)20(27)12-17)24(31)15-30(37(3,33)34)18-8-10-22-23(13-18)36-16-35-22/h7-10,12-13,21H,4-6,11,14-16H2,1-3H3,(H,28,32)/t21-/m1/s1. The first-order valence-electron chi connectivity index (χ1n) is 11.9. The Hall–Kier alpha value is -2.69. The highest BCUT2D eigenvalue weighted by Gasteiger charge is 2.32. The zero-order valence-corrected chi connectivity index (χ0v) is 23.3. The minimum Gasteiger partial charge on any atom is -0.454 e. The van der Waals surface area contributed by atoms with Gasteiger partial charge in [0.15, 0.2) is 11.5 Å². The number of ether oxygens (including phenoxy) is 2. The number of unbranched alkanes of at least 4 members (excludes halogenated alkanes) is 1. The Morgan fingerprint density at radius 1 is 1.05 bits per heavy atom. The normalized spacial score (nSPS) is 13.2. The van der Waals surface area contributed by atoms with Crippen molar-refractivity contribution in [3.8, 4) is 11.5 Å². The molecule has 202 valence electrons. The van der Waals surface area contributed by atoms with Crippen molar-refractivity contribution >= 4 is 50.7 Å². The fraction of sp³-hybridized carbons (Fsp3) is 0.440. The van der Waals surface area contributed by atoms with E-state index >= 15 is 0 Å². The molecule has 2 amide bonds. The molecule has 3 rings (SSSR count). The van der Waals surface area contributed by atoms with Crippen LogP contribution < -0.4 is 19.1 Å². The van der Waals surface area contributed by atoms with Crippen LogP contribution in [-0.2, 0) is 26.2 Å². The van der Waals surface area contributed by atoms with Crippen molar-refractivity contribution in [2.75, 3.05) is 30.4 Å². The number of hydrogen-bond acceptors (Lipinski definition) is 6. The molecule has 0 aromatic heterocycles. The molecule has 0 radical (unpaired) electrons. The molecule has 9 nitrogen and oxygen atoms in total. The lowest BCUT2D eigenvalue weighted by Gasteiger charge is -2.33. The van der Waals surface area contributed by atoms with E-state index in [1.54, 1.807) is 37.3 Å². The first-order valence-corrected chi connectivity index (χ1v) is 14.5. The third-order valence-corrected chi connectivity index (χ3v) is 7.76. The second kappa shape index (κ2) is 12.7. The van der Waals surface area contributed by atoms with Gasteiger partial charge in [-0.25, -0.2) is 8.42 Å². The Morgan fingerprint density at radius 2 is 1.78 bits per heavy atom. The van der Waals surface area contributed by atoms with E-state index < -0.39 is 28.5 Å². The lowest BCUT2D eigenvalue weighted by Crippen LogP contribution is -2.52. The van der Waals surface area contributed by atoms with E-state index in [9.17, 15) is 18.0 Å². The fourth-order valence-electron chi connectivity index (χ4n) is 3.91. The maximum absolute atomic E-state index is 13.7. The summed E-state index contributed by atoms with van der Waals surface area (Å²) >= 11 is 12.2. The molecule has 1 heterocycles. The van der Waals surface area contributed by atoms with Gasteiger partial charge in [-0.1, -0.05) is 49.5 Å². The maximum atomic E-state index is 13.7. The predicted molar refractivity (Wildman–Crippen MR) is 144 cm³/mol. The summed E-state index contributed by atoms with van der Waals surface area (Å²) in [7, 11) is -3.87. The molecule has 1 aliphatic rings. The van der Waals surface area contributed by atoms with Gasteiger partial charge in [-0.15, -0.1) is 0 Å². The summed E-state index contributed by atoms with van der Waals surface area (Å²) in [6.45, 7) is 3.84. The van der Waals surface area contributed by atoms with E-state index in [0.29, 0.717) is 40.1 Å². The minimum absolute atomic E-state index is 0.0271.